The van der Waals surface area contributed by atoms with Crippen molar-refractivity contribution >= 4 is 16.9 Å². The summed E-state index contributed by atoms with van der Waals surface area (Å²) in [5.41, 5.74) is 3.82. The van der Waals surface area contributed by atoms with E-state index >= 15 is 0 Å². The lowest BCUT2D eigenvalue weighted by Crippen LogP contribution is -2.38. The van der Waals surface area contributed by atoms with Gasteiger partial charge >= 0.3 is 0 Å². The molecule has 0 atom stereocenters. The first-order valence-electron chi connectivity index (χ1n) is 8.42. The fourth-order valence-electron chi connectivity index (χ4n) is 2.67. The number of benzene rings is 1. The van der Waals surface area contributed by atoms with E-state index in [0.29, 0.717) is 13.2 Å². The number of rotatable bonds is 8. The Labute approximate surface area is 138 Å². The molecule has 5 heteroatoms. The molecule has 0 amide bonds. The summed E-state index contributed by atoms with van der Waals surface area (Å²) in [5, 5.41) is 7.97. The van der Waals surface area contributed by atoms with E-state index in [0.717, 1.165) is 32.1 Å². The molecular weight excluding hydrogens is 288 g/mol. The second-order valence-corrected chi connectivity index (χ2v) is 5.41. The van der Waals surface area contributed by atoms with Crippen molar-refractivity contribution in [2.24, 2.45) is 4.99 Å². The summed E-state index contributed by atoms with van der Waals surface area (Å²) in [4.78, 5) is 7.96. The second kappa shape index (κ2) is 9.20. The average molecular weight is 316 g/mol. The molecule has 0 aliphatic heterocycles. The monoisotopic (exact) mass is 316 g/mol. The zero-order chi connectivity index (χ0) is 16.5. The Balaban J connectivity index is 1.91. The zero-order valence-electron chi connectivity index (χ0n) is 14.4. The number of hydrogen-bond donors (Lipinski definition) is 3. The minimum Gasteiger partial charge on any atom is -0.380 e. The van der Waals surface area contributed by atoms with Crippen molar-refractivity contribution in [3.63, 3.8) is 0 Å². The van der Waals surface area contributed by atoms with Crippen LogP contribution in [0.3, 0.4) is 0 Å². The number of nitrogens with one attached hydrogen (secondary N) is 3. The molecule has 2 aromatic rings. The fourth-order valence-corrected chi connectivity index (χ4v) is 2.67. The number of aromatic amines is 1. The SMILES string of the molecule is CCNC(=NCCOCC)NCCc1c(C)[nH]c2ccccc12. The summed E-state index contributed by atoms with van der Waals surface area (Å²) in [5.74, 6) is 0.852. The van der Waals surface area contributed by atoms with Crippen LogP contribution in [0.1, 0.15) is 25.1 Å². The van der Waals surface area contributed by atoms with E-state index in [1.807, 2.05) is 6.92 Å². The van der Waals surface area contributed by atoms with Gasteiger partial charge in [0.05, 0.1) is 13.2 Å². The third-order valence-electron chi connectivity index (χ3n) is 3.75. The lowest BCUT2D eigenvalue weighted by atomic mass is 10.1. The molecule has 0 saturated heterocycles. The molecule has 126 valence electrons. The van der Waals surface area contributed by atoms with Crippen LogP contribution >= 0.6 is 0 Å². The van der Waals surface area contributed by atoms with Crippen LogP contribution in [0.25, 0.3) is 10.9 Å². The van der Waals surface area contributed by atoms with Crippen molar-refractivity contribution in [3.8, 4) is 0 Å². The fraction of sp³-hybridized carbons (Fsp3) is 0.500. The number of guanidine groups is 1. The minimum absolute atomic E-state index is 0.661. The first-order chi connectivity index (χ1) is 11.3. The molecule has 3 N–H and O–H groups in total. The maximum absolute atomic E-state index is 5.32. The Hall–Kier alpha value is -2.01. The van der Waals surface area contributed by atoms with E-state index in [9.17, 15) is 0 Å². The highest BCUT2D eigenvalue weighted by atomic mass is 16.5. The van der Waals surface area contributed by atoms with Gasteiger partial charge in [-0.25, -0.2) is 0 Å². The predicted octanol–water partition coefficient (Wildman–Crippen LogP) is 2.61. The van der Waals surface area contributed by atoms with E-state index in [1.165, 1.54) is 22.2 Å². The summed E-state index contributed by atoms with van der Waals surface area (Å²) in [6.45, 7) is 9.98. The summed E-state index contributed by atoms with van der Waals surface area (Å²) in [6, 6.07) is 8.45. The van der Waals surface area contributed by atoms with Gasteiger partial charge in [-0.3, -0.25) is 4.99 Å². The van der Waals surface area contributed by atoms with E-state index < -0.39 is 0 Å². The first kappa shape index (κ1) is 17.3. The smallest absolute Gasteiger partial charge is 0.191 e. The molecule has 1 heterocycles. The zero-order valence-corrected chi connectivity index (χ0v) is 14.4. The van der Waals surface area contributed by atoms with E-state index in [2.05, 4.69) is 58.7 Å². The molecule has 5 nitrogen and oxygen atoms in total. The Kier molecular flexibility index (Phi) is 6.94. The molecule has 0 bridgehead atoms. The number of aliphatic imine (C=N–C) groups is 1. The summed E-state index contributed by atoms with van der Waals surface area (Å²) in [6.07, 6.45) is 0.964. The molecule has 23 heavy (non-hydrogen) atoms. The average Bonchev–Trinajstić information content (AvgIpc) is 2.87. The summed E-state index contributed by atoms with van der Waals surface area (Å²) >= 11 is 0. The molecule has 0 fully saturated rings. The van der Waals surface area contributed by atoms with Crippen LogP contribution in [0.5, 0.6) is 0 Å². The van der Waals surface area contributed by atoms with E-state index in [1.54, 1.807) is 0 Å². The molecule has 0 saturated carbocycles. The number of nitrogens with zero attached hydrogens (tertiary/aromatic N) is 1. The molecule has 0 unspecified atom stereocenters. The lowest BCUT2D eigenvalue weighted by Gasteiger charge is -2.11. The Morgan fingerprint density at radius 3 is 2.83 bits per heavy atom. The Morgan fingerprint density at radius 1 is 1.22 bits per heavy atom. The van der Waals surface area contributed by atoms with Crippen LogP contribution in [0.4, 0.5) is 0 Å². The molecule has 2 rings (SSSR count). The number of ether oxygens (including phenoxy) is 1. The molecular formula is C18H28N4O. The second-order valence-electron chi connectivity index (χ2n) is 5.41. The van der Waals surface area contributed by atoms with Gasteiger partial charge in [0.15, 0.2) is 5.96 Å². The van der Waals surface area contributed by atoms with E-state index in [-0.39, 0.29) is 0 Å². The third-order valence-corrected chi connectivity index (χ3v) is 3.75. The maximum atomic E-state index is 5.32. The molecule has 0 aliphatic carbocycles. The van der Waals surface area contributed by atoms with Crippen molar-refractivity contribution in [3.05, 3.63) is 35.5 Å². The number of H-pyrrole nitrogens is 1. The standard InChI is InChI=1S/C18H28N4O/c1-4-19-18(21-12-13-23-5-2)20-11-10-15-14(3)22-17-9-7-6-8-16(15)17/h6-9,22H,4-5,10-13H2,1-3H3,(H2,19,20,21). The number of hydrogen-bond acceptors (Lipinski definition) is 2. The van der Waals surface area contributed by atoms with Crippen molar-refractivity contribution < 1.29 is 4.74 Å². The van der Waals surface area contributed by atoms with Gasteiger partial charge in [0, 0.05) is 36.3 Å². The number of fused-ring (bicyclic) bond motifs is 1. The van der Waals surface area contributed by atoms with Crippen molar-refractivity contribution in [2.75, 3.05) is 32.8 Å². The third kappa shape index (κ3) is 4.99. The van der Waals surface area contributed by atoms with Crippen LogP contribution in [0, 0.1) is 6.92 Å². The summed E-state index contributed by atoms with van der Waals surface area (Å²) < 4.78 is 5.32. The molecule has 1 aromatic carbocycles. The quantitative estimate of drug-likeness (QED) is 0.398. The van der Waals surface area contributed by atoms with Crippen molar-refractivity contribution in [2.45, 2.75) is 27.2 Å². The van der Waals surface area contributed by atoms with Gasteiger partial charge in [0.25, 0.3) is 0 Å². The first-order valence-corrected chi connectivity index (χ1v) is 8.42. The topological polar surface area (TPSA) is 61.4 Å². The highest BCUT2D eigenvalue weighted by Gasteiger charge is 2.07. The number of aromatic nitrogens is 1. The van der Waals surface area contributed by atoms with Crippen LogP contribution in [-0.2, 0) is 11.2 Å². The maximum Gasteiger partial charge on any atom is 0.191 e. The van der Waals surface area contributed by atoms with Crippen LogP contribution in [0.2, 0.25) is 0 Å². The van der Waals surface area contributed by atoms with Gasteiger partial charge in [-0.2, -0.15) is 0 Å². The van der Waals surface area contributed by atoms with Gasteiger partial charge in [0.1, 0.15) is 0 Å². The van der Waals surface area contributed by atoms with Gasteiger partial charge < -0.3 is 20.4 Å². The Morgan fingerprint density at radius 2 is 2.04 bits per heavy atom. The molecule has 0 spiro atoms. The largest absolute Gasteiger partial charge is 0.380 e. The van der Waals surface area contributed by atoms with Crippen LogP contribution < -0.4 is 10.6 Å². The summed E-state index contributed by atoms with van der Waals surface area (Å²) in [7, 11) is 0. The lowest BCUT2D eigenvalue weighted by molar-refractivity contribution is 0.155. The molecule has 0 radical (unpaired) electrons. The highest BCUT2D eigenvalue weighted by molar-refractivity contribution is 5.84. The molecule has 0 aliphatic rings. The normalized spacial score (nSPS) is 11.9. The number of aryl methyl sites for hydroxylation is 1. The van der Waals surface area contributed by atoms with Gasteiger partial charge in [-0.15, -0.1) is 0 Å². The van der Waals surface area contributed by atoms with Gasteiger partial charge in [-0.05, 0) is 38.8 Å². The molecule has 1 aromatic heterocycles. The van der Waals surface area contributed by atoms with Gasteiger partial charge in [0.2, 0.25) is 0 Å². The predicted molar refractivity (Wildman–Crippen MR) is 97.2 cm³/mol. The van der Waals surface area contributed by atoms with Crippen molar-refractivity contribution in [1.29, 1.82) is 0 Å². The van der Waals surface area contributed by atoms with Crippen molar-refractivity contribution in [1.82, 2.24) is 15.6 Å². The van der Waals surface area contributed by atoms with Crippen LogP contribution in [0.15, 0.2) is 29.3 Å². The van der Waals surface area contributed by atoms with Crippen LogP contribution in [-0.4, -0.2) is 43.8 Å². The Bertz CT molecular complexity index is 633. The minimum atomic E-state index is 0.661. The number of para-hydroxylation sites is 1. The van der Waals surface area contributed by atoms with E-state index in [4.69, 9.17) is 4.74 Å². The van der Waals surface area contributed by atoms with Gasteiger partial charge in [-0.1, -0.05) is 18.2 Å². The highest BCUT2D eigenvalue weighted by Crippen LogP contribution is 2.21.